The Hall–Kier alpha value is -0.700. The minimum absolute atomic E-state index is 0. The molecular formula is C14H17Cl2NO. The van der Waals surface area contributed by atoms with Crippen molar-refractivity contribution >= 4 is 30.1 Å². The Balaban J connectivity index is 0.00000120. The summed E-state index contributed by atoms with van der Waals surface area (Å²) in [6, 6.07) is 7.78. The Morgan fingerprint density at radius 1 is 1.22 bits per heavy atom. The SMILES string of the molecule is Cl.OC1/C(=C\c2ccccc2Cl)N2CCC1CC2. The first kappa shape index (κ1) is 13.7. The van der Waals surface area contributed by atoms with Gasteiger partial charge in [-0.15, -0.1) is 12.4 Å². The van der Waals surface area contributed by atoms with Gasteiger partial charge in [-0.3, -0.25) is 0 Å². The molecular weight excluding hydrogens is 269 g/mol. The molecule has 0 aromatic heterocycles. The van der Waals surface area contributed by atoms with Gasteiger partial charge in [0.15, 0.2) is 0 Å². The van der Waals surface area contributed by atoms with Crippen molar-refractivity contribution in [2.24, 2.45) is 5.92 Å². The second kappa shape index (κ2) is 5.52. The molecule has 0 spiro atoms. The topological polar surface area (TPSA) is 23.5 Å². The molecule has 0 aliphatic carbocycles. The lowest BCUT2D eigenvalue weighted by Crippen LogP contribution is -2.48. The molecule has 1 aromatic carbocycles. The van der Waals surface area contributed by atoms with Gasteiger partial charge >= 0.3 is 0 Å². The number of fused-ring (bicyclic) bond motifs is 3. The monoisotopic (exact) mass is 285 g/mol. The molecule has 3 aliphatic rings. The van der Waals surface area contributed by atoms with E-state index in [1.54, 1.807) is 0 Å². The average molecular weight is 286 g/mol. The first-order valence-electron chi connectivity index (χ1n) is 6.15. The first-order valence-corrected chi connectivity index (χ1v) is 6.52. The van der Waals surface area contributed by atoms with Gasteiger partial charge in [0.2, 0.25) is 0 Å². The Bertz CT molecular complexity index is 449. The number of aliphatic hydroxyl groups excluding tert-OH is 1. The maximum absolute atomic E-state index is 10.3. The summed E-state index contributed by atoms with van der Waals surface area (Å²) in [7, 11) is 0. The van der Waals surface area contributed by atoms with Crippen LogP contribution in [0.15, 0.2) is 30.0 Å². The fraction of sp³-hybridized carbons (Fsp3) is 0.429. The van der Waals surface area contributed by atoms with E-state index in [9.17, 15) is 5.11 Å². The van der Waals surface area contributed by atoms with Gasteiger partial charge in [-0.05, 0) is 36.5 Å². The summed E-state index contributed by atoms with van der Waals surface area (Å²) in [5.41, 5.74) is 2.04. The van der Waals surface area contributed by atoms with Gasteiger partial charge in [0.25, 0.3) is 0 Å². The molecule has 98 valence electrons. The summed E-state index contributed by atoms with van der Waals surface area (Å²) in [6.07, 6.45) is 3.95. The number of hydrogen-bond donors (Lipinski definition) is 1. The average Bonchev–Trinajstić information content (AvgIpc) is 2.36. The van der Waals surface area contributed by atoms with Crippen LogP contribution in [0.1, 0.15) is 18.4 Å². The summed E-state index contributed by atoms with van der Waals surface area (Å²) in [5, 5.41) is 11.0. The van der Waals surface area contributed by atoms with Crippen molar-refractivity contribution < 1.29 is 5.11 Å². The molecule has 18 heavy (non-hydrogen) atoms. The van der Waals surface area contributed by atoms with E-state index < -0.39 is 0 Å². The lowest BCUT2D eigenvalue weighted by Gasteiger charge is -2.46. The molecule has 1 unspecified atom stereocenters. The van der Waals surface area contributed by atoms with Crippen molar-refractivity contribution in [2.75, 3.05) is 13.1 Å². The van der Waals surface area contributed by atoms with Gasteiger partial charge in [-0.25, -0.2) is 0 Å². The zero-order valence-corrected chi connectivity index (χ0v) is 11.6. The minimum Gasteiger partial charge on any atom is -0.387 e. The Morgan fingerprint density at radius 3 is 2.50 bits per heavy atom. The molecule has 3 aliphatic heterocycles. The number of aliphatic hydroxyl groups is 1. The van der Waals surface area contributed by atoms with Gasteiger partial charge in [0.1, 0.15) is 0 Å². The number of piperidine rings is 3. The second-order valence-electron chi connectivity index (χ2n) is 4.86. The molecule has 0 radical (unpaired) electrons. The molecule has 4 rings (SSSR count). The number of rotatable bonds is 1. The van der Waals surface area contributed by atoms with Crippen molar-refractivity contribution in [3.05, 3.63) is 40.5 Å². The van der Waals surface area contributed by atoms with E-state index in [0.717, 1.165) is 42.2 Å². The molecule has 0 amide bonds. The van der Waals surface area contributed by atoms with E-state index >= 15 is 0 Å². The molecule has 3 fully saturated rings. The van der Waals surface area contributed by atoms with Crippen LogP contribution < -0.4 is 0 Å². The highest BCUT2D eigenvalue weighted by Crippen LogP contribution is 2.36. The van der Waals surface area contributed by atoms with Gasteiger partial charge in [0.05, 0.1) is 6.10 Å². The molecule has 3 heterocycles. The van der Waals surface area contributed by atoms with E-state index in [1.165, 1.54) is 0 Å². The summed E-state index contributed by atoms with van der Waals surface area (Å²) < 4.78 is 0. The van der Waals surface area contributed by atoms with Crippen LogP contribution in [0.25, 0.3) is 6.08 Å². The second-order valence-corrected chi connectivity index (χ2v) is 5.27. The van der Waals surface area contributed by atoms with Crippen molar-refractivity contribution in [2.45, 2.75) is 18.9 Å². The third kappa shape index (κ3) is 2.37. The van der Waals surface area contributed by atoms with Crippen LogP contribution in [0, 0.1) is 5.92 Å². The smallest absolute Gasteiger partial charge is 0.0965 e. The maximum Gasteiger partial charge on any atom is 0.0965 e. The third-order valence-electron chi connectivity index (χ3n) is 3.86. The van der Waals surface area contributed by atoms with Gasteiger partial charge in [-0.2, -0.15) is 0 Å². The lowest BCUT2D eigenvalue weighted by atomic mass is 9.83. The molecule has 4 heteroatoms. The molecule has 0 saturated carbocycles. The molecule has 1 atom stereocenters. The summed E-state index contributed by atoms with van der Waals surface area (Å²) in [4.78, 5) is 2.29. The van der Waals surface area contributed by atoms with Gasteiger partial charge < -0.3 is 10.0 Å². The van der Waals surface area contributed by atoms with E-state index in [0.29, 0.717) is 5.92 Å². The standard InChI is InChI=1S/C14H16ClNO.ClH/c15-12-4-2-1-3-11(12)9-13-14(17)10-5-7-16(13)8-6-10;/h1-4,9-10,14,17H,5-8H2;1H/b13-9+;. The predicted octanol–water partition coefficient (Wildman–Crippen LogP) is 3.19. The quantitative estimate of drug-likeness (QED) is 0.857. The fourth-order valence-corrected chi connectivity index (χ4v) is 3.02. The number of nitrogens with zero attached hydrogens (tertiary/aromatic N) is 1. The van der Waals surface area contributed by atoms with Crippen LogP contribution in [0.3, 0.4) is 0 Å². The minimum atomic E-state index is -0.311. The van der Waals surface area contributed by atoms with Crippen LogP contribution in [0.4, 0.5) is 0 Å². The van der Waals surface area contributed by atoms with Crippen LogP contribution in [0.2, 0.25) is 5.02 Å². The van der Waals surface area contributed by atoms with Crippen molar-refractivity contribution in [3.8, 4) is 0 Å². The molecule has 2 bridgehead atoms. The predicted molar refractivity (Wildman–Crippen MR) is 77.0 cm³/mol. The van der Waals surface area contributed by atoms with Crippen molar-refractivity contribution in [3.63, 3.8) is 0 Å². The van der Waals surface area contributed by atoms with E-state index in [4.69, 9.17) is 11.6 Å². The van der Waals surface area contributed by atoms with Crippen LogP contribution in [-0.2, 0) is 0 Å². The van der Waals surface area contributed by atoms with Crippen molar-refractivity contribution in [1.29, 1.82) is 0 Å². The maximum atomic E-state index is 10.3. The molecule has 1 N–H and O–H groups in total. The highest BCUT2D eigenvalue weighted by atomic mass is 35.5. The molecule has 1 aromatic rings. The molecule has 3 saturated heterocycles. The zero-order chi connectivity index (χ0) is 11.8. The first-order chi connectivity index (χ1) is 8.25. The van der Waals surface area contributed by atoms with E-state index in [-0.39, 0.29) is 18.5 Å². The van der Waals surface area contributed by atoms with Gasteiger partial charge in [0, 0.05) is 23.8 Å². The third-order valence-corrected chi connectivity index (χ3v) is 4.21. The van der Waals surface area contributed by atoms with Crippen molar-refractivity contribution in [1.82, 2.24) is 4.90 Å². The summed E-state index contributed by atoms with van der Waals surface area (Å²) >= 11 is 6.15. The van der Waals surface area contributed by atoms with E-state index in [1.807, 2.05) is 30.3 Å². The number of hydrogen-bond acceptors (Lipinski definition) is 2. The summed E-state index contributed by atoms with van der Waals surface area (Å²) in [6.45, 7) is 2.13. The Labute approximate surface area is 119 Å². The van der Waals surface area contributed by atoms with Crippen LogP contribution >= 0.6 is 24.0 Å². The zero-order valence-electron chi connectivity index (χ0n) is 10.1. The van der Waals surface area contributed by atoms with E-state index in [2.05, 4.69) is 4.90 Å². The Kier molecular flexibility index (Phi) is 4.21. The number of halogens is 2. The Morgan fingerprint density at radius 2 is 1.89 bits per heavy atom. The largest absolute Gasteiger partial charge is 0.387 e. The normalized spacial score (nSPS) is 28.3. The highest BCUT2D eigenvalue weighted by molar-refractivity contribution is 6.32. The molecule has 2 nitrogen and oxygen atoms in total. The van der Waals surface area contributed by atoms with Crippen LogP contribution in [-0.4, -0.2) is 29.2 Å². The fourth-order valence-electron chi connectivity index (χ4n) is 2.83. The van der Waals surface area contributed by atoms with Crippen LogP contribution in [0.5, 0.6) is 0 Å². The lowest BCUT2D eigenvalue weighted by molar-refractivity contribution is 0.0215. The summed E-state index contributed by atoms with van der Waals surface area (Å²) in [5.74, 6) is 0.439. The number of benzene rings is 1. The highest BCUT2D eigenvalue weighted by Gasteiger charge is 2.36. The van der Waals surface area contributed by atoms with Gasteiger partial charge in [-0.1, -0.05) is 29.8 Å².